The molecule has 2 aromatic carbocycles. The summed E-state index contributed by atoms with van der Waals surface area (Å²) in [7, 11) is 1.30. The normalized spacial score (nSPS) is 15.9. The van der Waals surface area contributed by atoms with E-state index in [2.05, 4.69) is 15.4 Å². The lowest BCUT2D eigenvalue weighted by molar-refractivity contribution is -0.123. The molecule has 0 spiro atoms. The fraction of sp³-hybridized carbons (Fsp3) is 0.167. The smallest absolute Gasteiger partial charge is 0.337 e. The third kappa shape index (κ3) is 3.12. The number of hydrogen-bond donors (Lipinski definition) is 2. The number of fused-ring (bicyclic) bond motifs is 1. The Hall–Kier alpha value is -3.15. The lowest BCUT2D eigenvalue weighted by atomic mass is 9.90. The summed E-state index contributed by atoms with van der Waals surface area (Å²) in [5, 5.41) is 5.53. The van der Waals surface area contributed by atoms with Gasteiger partial charge in [0.1, 0.15) is 0 Å². The van der Waals surface area contributed by atoms with Crippen LogP contribution in [0.3, 0.4) is 0 Å². The van der Waals surface area contributed by atoms with Crippen molar-refractivity contribution in [2.24, 2.45) is 0 Å². The van der Waals surface area contributed by atoms with Crippen LogP contribution in [0.5, 0.6) is 0 Å². The molecule has 1 heterocycles. The number of methoxy groups -OCH3 is 1. The first-order valence-corrected chi connectivity index (χ1v) is 7.46. The summed E-state index contributed by atoms with van der Waals surface area (Å²) < 4.78 is 4.67. The van der Waals surface area contributed by atoms with E-state index in [1.165, 1.54) is 7.11 Å². The van der Waals surface area contributed by atoms with Crippen LogP contribution < -0.4 is 10.6 Å². The molecule has 1 atom stereocenters. The van der Waals surface area contributed by atoms with Crippen molar-refractivity contribution in [3.63, 3.8) is 0 Å². The van der Waals surface area contributed by atoms with Gasteiger partial charge >= 0.3 is 5.97 Å². The zero-order valence-electron chi connectivity index (χ0n) is 13.0. The molecule has 0 unspecified atom stereocenters. The van der Waals surface area contributed by atoms with Gasteiger partial charge in [0.2, 0.25) is 11.8 Å². The number of amides is 2. The molecule has 0 fully saturated rings. The zero-order valence-corrected chi connectivity index (χ0v) is 13.0. The molecule has 122 valence electrons. The van der Waals surface area contributed by atoms with Crippen LogP contribution in [0.4, 0.5) is 11.4 Å². The fourth-order valence-corrected chi connectivity index (χ4v) is 2.72. The van der Waals surface area contributed by atoms with E-state index in [1.807, 2.05) is 12.1 Å². The van der Waals surface area contributed by atoms with Gasteiger partial charge in [-0.3, -0.25) is 9.59 Å². The largest absolute Gasteiger partial charge is 0.465 e. The highest BCUT2D eigenvalue weighted by Crippen LogP contribution is 2.32. The minimum Gasteiger partial charge on any atom is -0.465 e. The predicted molar refractivity (Wildman–Crippen MR) is 88.8 cm³/mol. The van der Waals surface area contributed by atoms with Crippen LogP contribution in [0.1, 0.15) is 28.3 Å². The maximum Gasteiger partial charge on any atom is 0.337 e. The Bertz CT molecular complexity index is 816. The first-order chi connectivity index (χ1) is 11.6. The first-order valence-electron chi connectivity index (χ1n) is 7.46. The maximum absolute atomic E-state index is 12.6. The van der Waals surface area contributed by atoms with Gasteiger partial charge in [-0.2, -0.15) is 0 Å². The molecular weight excluding hydrogens is 308 g/mol. The number of anilines is 2. The van der Waals surface area contributed by atoms with Gasteiger partial charge in [0.15, 0.2) is 0 Å². The van der Waals surface area contributed by atoms with Crippen LogP contribution >= 0.6 is 0 Å². The Morgan fingerprint density at radius 3 is 2.75 bits per heavy atom. The monoisotopic (exact) mass is 324 g/mol. The van der Waals surface area contributed by atoms with E-state index in [0.29, 0.717) is 16.9 Å². The number of ether oxygens (including phenoxy) is 1. The van der Waals surface area contributed by atoms with Crippen molar-refractivity contribution in [2.45, 2.75) is 12.3 Å². The summed E-state index contributed by atoms with van der Waals surface area (Å²) in [5.41, 5.74) is 2.25. The quantitative estimate of drug-likeness (QED) is 0.850. The third-order valence-corrected chi connectivity index (χ3v) is 3.87. The van der Waals surface area contributed by atoms with Crippen LogP contribution in [0, 0.1) is 0 Å². The Morgan fingerprint density at radius 1 is 1.17 bits per heavy atom. The second kappa shape index (κ2) is 6.54. The lowest BCUT2D eigenvalue weighted by Crippen LogP contribution is -2.30. The highest BCUT2D eigenvalue weighted by molar-refractivity contribution is 6.05. The molecule has 24 heavy (non-hydrogen) atoms. The Kier molecular flexibility index (Phi) is 4.29. The maximum atomic E-state index is 12.6. The number of carbonyl (C=O) groups excluding carboxylic acids is 3. The van der Waals surface area contributed by atoms with Gasteiger partial charge in [0.25, 0.3) is 0 Å². The fourth-order valence-electron chi connectivity index (χ4n) is 2.72. The van der Waals surface area contributed by atoms with Gasteiger partial charge in [-0.15, -0.1) is 0 Å². The van der Waals surface area contributed by atoms with Crippen molar-refractivity contribution in [1.29, 1.82) is 0 Å². The van der Waals surface area contributed by atoms with Crippen molar-refractivity contribution in [3.8, 4) is 0 Å². The van der Waals surface area contributed by atoms with E-state index in [4.69, 9.17) is 0 Å². The second-order valence-electron chi connectivity index (χ2n) is 5.45. The second-order valence-corrected chi connectivity index (χ2v) is 5.45. The molecule has 0 radical (unpaired) electrons. The topological polar surface area (TPSA) is 84.5 Å². The number of carbonyl (C=O) groups is 3. The van der Waals surface area contributed by atoms with Crippen LogP contribution in [-0.4, -0.2) is 24.9 Å². The van der Waals surface area contributed by atoms with Crippen LogP contribution in [0.2, 0.25) is 0 Å². The molecule has 0 aromatic heterocycles. The molecule has 1 aliphatic heterocycles. The van der Waals surface area contributed by atoms with Gasteiger partial charge in [0.05, 0.1) is 18.6 Å². The molecule has 0 saturated heterocycles. The first kappa shape index (κ1) is 15.7. The summed E-state index contributed by atoms with van der Waals surface area (Å²) in [6.07, 6.45) is 0.0829. The average molecular weight is 324 g/mol. The molecule has 1 aliphatic rings. The molecular formula is C18H16N2O4. The summed E-state index contributed by atoms with van der Waals surface area (Å²) in [6.45, 7) is 0. The highest BCUT2D eigenvalue weighted by atomic mass is 16.5. The van der Waals surface area contributed by atoms with Crippen molar-refractivity contribution in [3.05, 3.63) is 59.7 Å². The summed E-state index contributed by atoms with van der Waals surface area (Å²) in [6, 6.07) is 13.7. The molecule has 3 rings (SSSR count). The molecule has 0 bridgehead atoms. The summed E-state index contributed by atoms with van der Waals surface area (Å²) in [4.78, 5) is 36.0. The molecule has 0 aliphatic carbocycles. The van der Waals surface area contributed by atoms with Crippen molar-refractivity contribution in [1.82, 2.24) is 0 Å². The van der Waals surface area contributed by atoms with Gasteiger partial charge in [-0.05, 0) is 29.8 Å². The van der Waals surface area contributed by atoms with Crippen molar-refractivity contribution in [2.75, 3.05) is 17.7 Å². The average Bonchev–Trinajstić information content (AvgIpc) is 2.60. The van der Waals surface area contributed by atoms with E-state index in [0.717, 1.165) is 5.56 Å². The van der Waals surface area contributed by atoms with E-state index in [1.54, 1.807) is 36.4 Å². The van der Waals surface area contributed by atoms with E-state index >= 15 is 0 Å². The van der Waals surface area contributed by atoms with Crippen molar-refractivity contribution >= 4 is 29.2 Å². The Morgan fingerprint density at radius 2 is 1.96 bits per heavy atom. The molecule has 2 N–H and O–H groups in total. The molecule has 2 aromatic rings. The molecule has 0 saturated carbocycles. The number of hydrogen-bond acceptors (Lipinski definition) is 4. The van der Waals surface area contributed by atoms with Gasteiger partial charge in [-0.25, -0.2) is 4.79 Å². The number of esters is 1. The molecule has 6 nitrogen and oxygen atoms in total. The van der Waals surface area contributed by atoms with E-state index < -0.39 is 11.9 Å². The number of para-hydroxylation sites is 1. The summed E-state index contributed by atoms with van der Waals surface area (Å²) >= 11 is 0. The molecule has 6 heteroatoms. The predicted octanol–water partition coefficient (Wildman–Crippen LogP) is 2.54. The SMILES string of the molecule is COC(=O)c1cccc(NC(=O)[C@@H]2CC(=O)Nc3ccccc32)c1. The van der Waals surface area contributed by atoms with Gasteiger partial charge < -0.3 is 15.4 Å². The standard InChI is InChI=1S/C18H16N2O4/c1-24-18(23)11-5-4-6-12(9-11)19-17(22)14-10-16(21)20-15-8-3-2-7-13(14)15/h2-9,14H,10H2,1H3,(H,19,22)(H,20,21)/t14-/m1/s1. The van der Waals surface area contributed by atoms with Crippen molar-refractivity contribution < 1.29 is 19.1 Å². The third-order valence-electron chi connectivity index (χ3n) is 3.87. The lowest BCUT2D eigenvalue weighted by Gasteiger charge is -2.24. The molecule has 2 amide bonds. The minimum atomic E-state index is -0.572. The van der Waals surface area contributed by atoms with E-state index in [9.17, 15) is 14.4 Å². The zero-order chi connectivity index (χ0) is 17.1. The van der Waals surface area contributed by atoms with Gasteiger partial charge in [-0.1, -0.05) is 24.3 Å². The minimum absolute atomic E-state index is 0.0829. The number of benzene rings is 2. The summed E-state index contributed by atoms with van der Waals surface area (Å²) in [5.74, 6) is -1.54. The van der Waals surface area contributed by atoms with E-state index in [-0.39, 0.29) is 18.2 Å². The van der Waals surface area contributed by atoms with Crippen LogP contribution in [0.15, 0.2) is 48.5 Å². The van der Waals surface area contributed by atoms with Crippen LogP contribution in [0.25, 0.3) is 0 Å². The Labute approximate surface area is 138 Å². The van der Waals surface area contributed by atoms with Crippen LogP contribution in [-0.2, 0) is 14.3 Å². The number of nitrogens with one attached hydrogen (secondary N) is 2. The highest BCUT2D eigenvalue weighted by Gasteiger charge is 2.30. The Balaban J connectivity index is 1.83. The number of rotatable bonds is 3. The van der Waals surface area contributed by atoms with Gasteiger partial charge in [0, 0.05) is 17.8 Å².